The molecule has 0 aliphatic rings. The zero-order valence-electron chi connectivity index (χ0n) is 14.1. The van der Waals surface area contributed by atoms with Gasteiger partial charge < -0.3 is 19.8 Å². The molecule has 2 aromatic heterocycles. The number of hydrogen-bond acceptors (Lipinski definition) is 5. The molecule has 2 N–H and O–H groups in total. The van der Waals surface area contributed by atoms with Crippen LogP contribution in [0, 0.1) is 6.92 Å². The molecule has 0 atom stereocenters. The summed E-state index contributed by atoms with van der Waals surface area (Å²) < 4.78 is 10.6. The van der Waals surface area contributed by atoms with Crippen molar-refractivity contribution in [3.05, 3.63) is 54.0 Å². The summed E-state index contributed by atoms with van der Waals surface area (Å²) in [6.45, 7) is 4.21. The molecule has 24 heavy (non-hydrogen) atoms. The van der Waals surface area contributed by atoms with Crippen molar-refractivity contribution < 1.29 is 9.15 Å². The number of benzene rings is 1. The number of nitrogens with one attached hydrogen (secondary N) is 2. The molecule has 2 heterocycles. The Kier molecular flexibility index (Phi) is 5.33. The fourth-order valence-corrected chi connectivity index (χ4v) is 2.60. The molecule has 0 aliphatic carbocycles. The summed E-state index contributed by atoms with van der Waals surface area (Å²) in [5.74, 6) is 2.67. The second-order valence-electron chi connectivity index (χ2n) is 5.71. The highest BCUT2D eigenvalue weighted by atomic mass is 16.5. The second-order valence-corrected chi connectivity index (χ2v) is 5.71. The highest BCUT2D eigenvalue weighted by molar-refractivity contribution is 5.92. The third kappa shape index (κ3) is 4.06. The van der Waals surface area contributed by atoms with Gasteiger partial charge in [-0.05, 0) is 49.7 Å². The molecular weight excluding hydrogens is 302 g/mol. The van der Waals surface area contributed by atoms with E-state index in [0.717, 1.165) is 53.5 Å². The van der Waals surface area contributed by atoms with Gasteiger partial charge in [-0.3, -0.25) is 0 Å². The molecule has 3 aromatic rings. The van der Waals surface area contributed by atoms with Crippen molar-refractivity contribution >= 4 is 22.4 Å². The predicted molar refractivity (Wildman–Crippen MR) is 97.5 cm³/mol. The molecule has 0 bridgehead atoms. The van der Waals surface area contributed by atoms with Gasteiger partial charge in [0.25, 0.3) is 0 Å². The Labute approximate surface area is 142 Å². The predicted octanol–water partition coefficient (Wildman–Crippen LogP) is 4.20. The summed E-state index contributed by atoms with van der Waals surface area (Å²) in [5, 5.41) is 7.87. The van der Waals surface area contributed by atoms with Crippen LogP contribution < -0.4 is 10.6 Å². The zero-order valence-corrected chi connectivity index (χ0v) is 14.1. The van der Waals surface area contributed by atoms with E-state index >= 15 is 0 Å². The maximum absolute atomic E-state index is 5.57. The minimum atomic E-state index is 0.626. The third-order valence-electron chi connectivity index (χ3n) is 3.81. The Hall–Kier alpha value is -2.53. The van der Waals surface area contributed by atoms with Gasteiger partial charge in [0, 0.05) is 31.3 Å². The summed E-state index contributed by atoms with van der Waals surface area (Å²) in [6, 6.07) is 14.2. The molecule has 5 heteroatoms. The number of hydrogen-bond donors (Lipinski definition) is 2. The minimum absolute atomic E-state index is 0.626. The van der Waals surface area contributed by atoms with Gasteiger partial charge in [0.1, 0.15) is 17.3 Å². The Balaban J connectivity index is 1.69. The molecule has 0 unspecified atom stereocenters. The summed E-state index contributed by atoms with van der Waals surface area (Å²) in [4.78, 5) is 4.68. The molecule has 0 saturated heterocycles. The van der Waals surface area contributed by atoms with Crippen LogP contribution in [0.3, 0.4) is 0 Å². The molecule has 5 nitrogen and oxygen atoms in total. The summed E-state index contributed by atoms with van der Waals surface area (Å²) in [5.41, 5.74) is 2.07. The van der Waals surface area contributed by atoms with E-state index in [1.165, 1.54) is 0 Å². The molecule has 0 radical (unpaired) electrons. The van der Waals surface area contributed by atoms with Crippen LogP contribution in [-0.2, 0) is 11.3 Å². The smallest absolute Gasteiger partial charge is 0.127 e. The van der Waals surface area contributed by atoms with Gasteiger partial charge in [0.05, 0.1) is 12.1 Å². The maximum atomic E-state index is 5.57. The topological polar surface area (TPSA) is 59.3 Å². The van der Waals surface area contributed by atoms with Gasteiger partial charge in [-0.2, -0.15) is 0 Å². The lowest BCUT2D eigenvalue weighted by molar-refractivity contribution is 0.198. The van der Waals surface area contributed by atoms with E-state index in [4.69, 9.17) is 9.15 Å². The van der Waals surface area contributed by atoms with Crippen LogP contribution in [0.15, 0.2) is 46.9 Å². The van der Waals surface area contributed by atoms with Crippen molar-refractivity contribution in [3.63, 3.8) is 0 Å². The van der Waals surface area contributed by atoms with E-state index < -0.39 is 0 Å². The van der Waals surface area contributed by atoms with E-state index in [9.17, 15) is 0 Å². The fraction of sp³-hybridized carbons (Fsp3) is 0.316. The Morgan fingerprint density at radius 3 is 2.79 bits per heavy atom. The van der Waals surface area contributed by atoms with Gasteiger partial charge in [-0.15, -0.1) is 0 Å². The number of furan rings is 1. The quantitative estimate of drug-likeness (QED) is 0.608. The standard InChI is InChI=1S/C19H23N3O2/c1-14-7-8-15(24-14)13-21-19-10-9-16-17(20-11-4-12-23-2)5-3-6-18(16)22-19/h3,5-10,20H,4,11-13H2,1-2H3,(H,21,22). The van der Waals surface area contributed by atoms with Crippen LogP contribution in [0.25, 0.3) is 10.9 Å². The highest BCUT2D eigenvalue weighted by Crippen LogP contribution is 2.24. The lowest BCUT2D eigenvalue weighted by Crippen LogP contribution is -2.05. The molecule has 0 amide bonds. The zero-order chi connectivity index (χ0) is 16.8. The van der Waals surface area contributed by atoms with Crippen LogP contribution in [0.2, 0.25) is 0 Å². The number of pyridine rings is 1. The van der Waals surface area contributed by atoms with Crippen molar-refractivity contribution in [3.8, 4) is 0 Å². The molecule has 0 spiro atoms. The van der Waals surface area contributed by atoms with E-state index in [1.807, 2.05) is 37.3 Å². The van der Waals surface area contributed by atoms with Crippen molar-refractivity contribution in [2.45, 2.75) is 19.9 Å². The monoisotopic (exact) mass is 325 g/mol. The number of nitrogens with zero attached hydrogens (tertiary/aromatic N) is 1. The Morgan fingerprint density at radius 2 is 2.00 bits per heavy atom. The normalized spacial score (nSPS) is 10.9. The summed E-state index contributed by atoms with van der Waals surface area (Å²) in [7, 11) is 1.72. The van der Waals surface area contributed by atoms with Crippen LogP contribution in [-0.4, -0.2) is 25.2 Å². The Bertz CT molecular complexity index is 798. The first kappa shape index (κ1) is 16.3. The van der Waals surface area contributed by atoms with Crippen LogP contribution in [0.4, 0.5) is 11.5 Å². The molecule has 3 rings (SSSR count). The average molecular weight is 325 g/mol. The first-order valence-electron chi connectivity index (χ1n) is 8.18. The molecular formula is C19H23N3O2. The molecule has 0 saturated carbocycles. The number of aryl methyl sites for hydroxylation is 1. The van der Waals surface area contributed by atoms with Gasteiger partial charge in [-0.25, -0.2) is 4.98 Å². The first-order chi connectivity index (χ1) is 11.8. The second kappa shape index (κ2) is 7.84. The lowest BCUT2D eigenvalue weighted by atomic mass is 10.1. The molecule has 126 valence electrons. The number of methoxy groups -OCH3 is 1. The van der Waals surface area contributed by atoms with Gasteiger partial charge in [0.2, 0.25) is 0 Å². The van der Waals surface area contributed by atoms with E-state index in [1.54, 1.807) is 7.11 Å². The van der Waals surface area contributed by atoms with E-state index in [-0.39, 0.29) is 0 Å². The lowest BCUT2D eigenvalue weighted by Gasteiger charge is -2.11. The highest BCUT2D eigenvalue weighted by Gasteiger charge is 2.04. The third-order valence-corrected chi connectivity index (χ3v) is 3.81. The number of fused-ring (bicyclic) bond motifs is 1. The van der Waals surface area contributed by atoms with Crippen LogP contribution in [0.1, 0.15) is 17.9 Å². The molecule has 1 aromatic carbocycles. The SMILES string of the molecule is COCCCNc1cccc2nc(NCc3ccc(C)o3)ccc12. The number of rotatable bonds is 8. The minimum Gasteiger partial charge on any atom is -0.465 e. The van der Waals surface area contributed by atoms with E-state index in [2.05, 4.69) is 27.8 Å². The summed E-state index contributed by atoms with van der Waals surface area (Å²) in [6.07, 6.45) is 0.975. The van der Waals surface area contributed by atoms with Crippen molar-refractivity contribution in [2.24, 2.45) is 0 Å². The number of ether oxygens (including phenoxy) is 1. The largest absolute Gasteiger partial charge is 0.465 e. The number of anilines is 2. The number of aromatic nitrogens is 1. The van der Waals surface area contributed by atoms with Crippen LogP contribution in [0.5, 0.6) is 0 Å². The molecule has 0 aliphatic heterocycles. The van der Waals surface area contributed by atoms with Crippen molar-refractivity contribution in [1.82, 2.24) is 4.98 Å². The first-order valence-corrected chi connectivity index (χ1v) is 8.18. The fourth-order valence-electron chi connectivity index (χ4n) is 2.60. The van der Waals surface area contributed by atoms with Crippen LogP contribution >= 0.6 is 0 Å². The average Bonchev–Trinajstić information content (AvgIpc) is 3.02. The Morgan fingerprint density at radius 1 is 1.08 bits per heavy atom. The van der Waals surface area contributed by atoms with Gasteiger partial charge in [0.15, 0.2) is 0 Å². The van der Waals surface area contributed by atoms with E-state index in [0.29, 0.717) is 6.54 Å². The van der Waals surface area contributed by atoms with Crippen molar-refractivity contribution in [2.75, 3.05) is 30.9 Å². The maximum Gasteiger partial charge on any atom is 0.127 e. The molecule has 0 fully saturated rings. The van der Waals surface area contributed by atoms with Crippen molar-refractivity contribution in [1.29, 1.82) is 0 Å². The van der Waals surface area contributed by atoms with Gasteiger partial charge in [-0.1, -0.05) is 6.07 Å². The summed E-state index contributed by atoms with van der Waals surface area (Å²) >= 11 is 0. The van der Waals surface area contributed by atoms with Gasteiger partial charge >= 0.3 is 0 Å².